The van der Waals surface area contributed by atoms with Gasteiger partial charge in [0.2, 0.25) is 0 Å². The summed E-state index contributed by atoms with van der Waals surface area (Å²) in [6.07, 6.45) is 6.27. The Labute approximate surface area is 154 Å². The molecule has 2 aromatic rings. The van der Waals surface area contributed by atoms with Crippen LogP contribution in [0.25, 0.3) is 10.9 Å². The lowest BCUT2D eigenvalue weighted by Gasteiger charge is -2.45. The Hall–Kier alpha value is -1.98. The van der Waals surface area contributed by atoms with Gasteiger partial charge in [0.1, 0.15) is 0 Å². The summed E-state index contributed by atoms with van der Waals surface area (Å²) >= 11 is 0. The van der Waals surface area contributed by atoms with E-state index in [1.54, 1.807) is 13.3 Å². The van der Waals surface area contributed by atoms with Crippen molar-refractivity contribution in [2.45, 2.75) is 37.3 Å². The topological polar surface area (TPSA) is 45.7 Å². The second kappa shape index (κ2) is 6.97. The SMILES string of the molecule is COC[C@@H]1CCC2(CCN(C(=O)c3ccc4ncccc4c3)CC2)N1C. The normalized spacial score (nSPS) is 23.0. The number of nitrogens with zero attached hydrogens (tertiary/aromatic N) is 3. The molecular formula is C21H27N3O2. The van der Waals surface area contributed by atoms with Gasteiger partial charge in [-0.1, -0.05) is 6.07 Å². The van der Waals surface area contributed by atoms with E-state index in [4.69, 9.17) is 4.74 Å². The molecule has 1 spiro atoms. The number of rotatable bonds is 3. The van der Waals surface area contributed by atoms with Crippen LogP contribution < -0.4 is 0 Å². The monoisotopic (exact) mass is 353 g/mol. The Morgan fingerprint density at radius 3 is 2.85 bits per heavy atom. The number of carbonyl (C=O) groups is 1. The molecule has 0 radical (unpaired) electrons. The highest BCUT2D eigenvalue weighted by molar-refractivity contribution is 5.98. The van der Waals surface area contributed by atoms with Crippen LogP contribution in [0.5, 0.6) is 0 Å². The molecule has 4 rings (SSSR count). The molecule has 2 aliphatic heterocycles. The lowest BCUT2D eigenvalue weighted by Crippen LogP contribution is -2.54. The average Bonchev–Trinajstić information content (AvgIpc) is 2.98. The van der Waals surface area contributed by atoms with E-state index in [0.29, 0.717) is 6.04 Å². The highest BCUT2D eigenvalue weighted by atomic mass is 16.5. The zero-order valence-corrected chi connectivity index (χ0v) is 15.6. The van der Waals surface area contributed by atoms with Gasteiger partial charge in [-0.3, -0.25) is 14.7 Å². The number of methoxy groups -OCH3 is 1. The van der Waals surface area contributed by atoms with Gasteiger partial charge in [0.25, 0.3) is 5.91 Å². The summed E-state index contributed by atoms with van der Waals surface area (Å²) in [6, 6.07) is 10.2. The van der Waals surface area contributed by atoms with Crippen molar-refractivity contribution in [3.63, 3.8) is 0 Å². The molecule has 0 aliphatic carbocycles. The second-order valence-electron chi connectivity index (χ2n) is 7.69. The fourth-order valence-corrected chi connectivity index (χ4v) is 4.70. The highest BCUT2D eigenvalue weighted by Gasteiger charge is 2.46. The quantitative estimate of drug-likeness (QED) is 0.851. The lowest BCUT2D eigenvalue weighted by molar-refractivity contribution is 0.0273. The van der Waals surface area contributed by atoms with E-state index in [1.807, 2.05) is 35.2 Å². The number of likely N-dealkylation sites (tertiary alicyclic amines) is 2. The number of hydrogen-bond donors (Lipinski definition) is 0. The predicted molar refractivity (Wildman–Crippen MR) is 102 cm³/mol. The summed E-state index contributed by atoms with van der Waals surface area (Å²) in [4.78, 5) is 21.8. The first-order valence-electron chi connectivity index (χ1n) is 9.49. The molecule has 0 N–H and O–H groups in total. The first-order valence-corrected chi connectivity index (χ1v) is 9.49. The van der Waals surface area contributed by atoms with Gasteiger partial charge in [0, 0.05) is 48.9 Å². The third-order valence-corrected chi connectivity index (χ3v) is 6.43. The van der Waals surface area contributed by atoms with Gasteiger partial charge in [0.05, 0.1) is 12.1 Å². The smallest absolute Gasteiger partial charge is 0.253 e. The molecule has 2 aliphatic rings. The molecule has 3 heterocycles. The number of carbonyl (C=O) groups excluding carboxylic acids is 1. The summed E-state index contributed by atoms with van der Waals surface area (Å²) < 4.78 is 5.37. The number of piperidine rings is 1. The van der Waals surface area contributed by atoms with Crippen molar-refractivity contribution in [2.75, 3.05) is 33.9 Å². The number of amides is 1. The van der Waals surface area contributed by atoms with E-state index in [2.05, 4.69) is 16.9 Å². The summed E-state index contributed by atoms with van der Waals surface area (Å²) in [5, 5.41) is 1.02. The number of benzene rings is 1. The molecule has 138 valence electrons. The average molecular weight is 353 g/mol. The first kappa shape index (κ1) is 17.4. The number of fused-ring (bicyclic) bond motifs is 1. The lowest BCUT2D eigenvalue weighted by atomic mass is 9.85. The Bertz CT molecular complexity index is 799. The zero-order chi connectivity index (χ0) is 18.1. The minimum Gasteiger partial charge on any atom is -0.383 e. The Kier molecular flexibility index (Phi) is 4.67. The van der Waals surface area contributed by atoms with Crippen LogP contribution in [0.4, 0.5) is 0 Å². The molecule has 0 unspecified atom stereocenters. The minimum atomic E-state index is 0.139. The van der Waals surface area contributed by atoms with Crippen molar-refractivity contribution < 1.29 is 9.53 Å². The van der Waals surface area contributed by atoms with Gasteiger partial charge in [-0.25, -0.2) is 0 Å². The van der Waals surface area contributed by atoms with Gasteiger partial charge in [-0.2, -0.15) is 0 Å². The fraction of sp³-hybridized carbons (Fsp3) is 0.524. The molecule has 0 saturated carbocycles. The standard InChI is InChI=1S/C21H27N3O2/c1-23-18(15-26-2)7-8-21(23)9-12-24(13-10-21)20(25)17-5-6-19-16(14-17)4-3-11-22-19/h3-6,11,14,18H,7-10,12-13,15H2,1-2H3/t18-/m0/s1. The number of aromatic nitrogens is 1. The van der Waals surface area contributed by atoms with Gasteiger partial charge >= 0.3 is 0 Å². The van der Waals surface area contributed by atoms with Crippen LogP contribution in [-0.4, -0.2) is 66.1 Å². The Balaban J connectivity index is 1.45. The zero-order valence-electron chi connectivity index (χ0n) is 15.6. The third kappa shape index (κ3) is 2.99. The number of pyridine rings is 1. The molecule has 5 nitrogen and oxygen atoms in total. The summed E-state index contributed by atoms with van der Waals surface area (Å²) in [7, 11) is 4.00. The van der Waals surface area contributed by atoms with Crippen molar-refractivity contribution >= 4 is 16.8 Å². The van der Waals surface area contributed by atoms with Crippen LogP contribution in [0.1, 0.15) is 36.0 Å². The molecule has 1 aromatic heterocycles. The van der Waals surface area contributed by atoms with Crippen LogP contribution in [0.3, 0.4) is 0 Å². The van der Waals surface area contributed by atoms with E-state index < -0.39 is 0 Å². The number of ether oxygens (including phenoxy) is 1. The molecule has 1 amide bonds. The number of likely N-dealkylation sites (N-methyl/N-ethyl adjacent to an activating group) is 1. The molecular weight excluding hydrogens is 326 g/mol. The van der Waals surface area contributed by atoms with Crippen LogP contribution >= 0.6 is 0 Å². The van der Waals surface area contributed by atoms with Gasteiger partial charge < -0.3 is 9.64 Å². The molecule has 2 fully saturated rings. The van der Waals surface area contributed by atoms with E-state index in [9.17, 15) is 4.79 Å². The first-order chi connectivity index (χ1) is 12.6. The summed E-state index contributed by atoms with van der Waals surface area (Å²) in [6.45, 7) is 2.45. The highest BCUT2D eigenvalue weighted by Crippen LogP contribution is 2.40. The van der Waals surface area contributed by atoms with Crippen molar-refractivity contribution in [2.24, 2.45) is 0 Å². The minimum absolute atomic E-state index is 0.139. The maximum atomic E-state index is 13.0. The molecule has 26 heavy (non-hydrogen) atoms. The maximum absolute atomic E-state index is 13.0. The largest absolute Gasteiger partial charge is 0.383 e. The van der Waals surface area contributed by atoms with Crippen molar-refractivity contribution in [3.8, 4) is 0 Å². The van der Waals surface area contributed by atoms with Crippen molar-refractivity contribution in [1.82, 2.24) is 14.8 Å². The molecule has 0 bridgehead atoms. The van der Waals surface area contributed by atoms with Crippen LogP contribution in [-0.2, 0) is 4.74 Å². The molecule has 5 heteroatoms. The van der Waals surface area contributed by atoms with E-state index in [1.165, 1.54) is 12.8 Å². The number of hydrogen-bond acceptors (Lipinski definition) is 4. The Morgan fingerprint density at radius 2 is 2.08 bits per heavy atom. The molecule has 1 aromatic carbocycles. The fourth-order valence-electron chi connectivity index (χ4n) is 4.70. The van der Waals surface area contributed by atoms with Crippen LogP contribution in [0.15, 0.2) is 36.5 Å². The van der Waals surface area contributed by atoms with Gasteiger partial charge in [-0.15, -0.1) is 0 Å². The summed E-state index contributed by atoms with van der Waals surface area (Å²) in [5.41, 5.74) is 1.93. The predicted octanol–water partition coefficient (Wildman–Crippen LogP) is 2.95. The van der Waals surface area contributed by atoms with Crippen molar-refractivity contribution in [1.29, 1.82) is 0 Å². The Morgan fingerprint density at radius 1 is 1.27 bits per heavy atom. The molecule has 1 atom stereocenters. The van der Waals surface area contributed by atoms with Crippen LogP contribution in [0.2, 0.25) is 0 Å². The second-order valence-corrected chi connectivity index (χ2v) is 7.69. The van der Waals surface area contributed by atoms with Crippen molar-refractivity contribution in [3.05, 3.63) is 42.1 Å². The third-order valence-electron chi connectivity index (χ3n) is 6.43. The summed E-state index contributed by atoms with van der Waals surface area (Å²) in [5.74, 6) is 0.139. The van der Waals surface area contributed by atoms with E-state index >= 15 is 0 Å². The van der Waals surface area contributed by atoms with E-state index in [-0.39, 0.29) is 11.4 Å². The maximum Gasteiger partial charge on any atom is 0.253 e. The van der Waals surface area contributed by atoms with Gasteiger partial charge in [0.15, 0.2) is 0 Å². The van der Waals surface area contributed by atoms with Gasteiger partial charge in [-0.05, 0) is 57.0 Å². The van der Waals surface area contributed by atoms with Crippen LogP contribution in [0, 0.1) is 0 Å². The van der Waals surface area contributed by atoms with E-state index in [0.717, 1.165) is 49.0 Å². The molecule has 2 saturated heterocycles.